The zero-order valence-electron chi connectivity index (χ0n) is 13.0. The summed E-state index contributed by atoms with van der Waals surface area (Å²) < 4.78 is 18.9. The van der Waals surface area contributed by atoms with Crippen molar-refractivity contribution in [3.05, 3.63) is 29.6 Å². The Morgan fingerprint density at radius 1 is 1.11 bits per heavy atom. The maximum atomic E-state index is 13.6. The van der Waals surface area contributed by atoms with Gasteiger partial charge in [-0.2, -0.15) is 0 Å². The molecule has 0 unspecified atom stereocenters. The molecule has 1 aromatic rings. The summed E-state index contributed by atoms with van der Waals surface area (Å²) in [5.74, 6) is -0.130. The first kappa shape index (κ1) is 17.9. The number of ether oxygens (including phenoxy) is 1. The Hall–Kier alpha value is -1.09. The molecule has 3 heteroatoms. The van der Waals surface area contributed by atoms with Gasteiger partial charge >= 0.3 is 0 Å². The molecule has 1 fully saturated rings. The van der Waals surface area contributed by atoms with E-state index in [0.717, 1.165) is 25.2 Å². The lowest BCUT2D eigenvalue weighted by atomic mass is 10.1. The van der Waals surface area contributed by atoms with Crippen molar-refractivity contribution in [1.29, 1.82) is 0 Å². The Morgan fingerprint density at radius 2 is 1.68 bits per heavy atom. The van der Waals surface area contributed by atoms with Gasteiger partial charge in [0.25, 0.3) is 0 Å². The Bertz CT molecular complexity index is 336. The van der Waals surface area contributed by atoms with Crippen molar-refractivity contribution < 1.29 is 9.13 Å². The molecule has 110 valence electrons. The second-order valence-corrected chi connectivity index (χ2v) is 3.74. The van der Waals surface area contributed by atoms with Crippen LogP contribution in [0.3, 0.4) is 0 Å². The van der Waals surface area contributed by atoms with E-state index >= 15 is 0 Å². The minimum atomic E-state index is -0.130. The SMILES string of the molecule is CC.CC.CCc1ccc(F)c(N2CCOCC2)c1. The number of morpholine rings is 1. The van der Waals surface area contributed by atoms with Gasteiger partial charge in [-0.05, 0) is 24.1 Å². The van der Waals surface area contributed by atoms with E-state index in [1.165, 1.54) is 5.56 Å². The first-order chi connectivity index (χ1) is 9.31. The van der Waals surface area contributed by atoms with Crippen molar-refractivity contribution in [1.82, 2.24) is 0 Å². The second kappa shape index (κ2) is 10.8. The fourth-order valence-electron chi connectivity index (χ4n) is 1.82. The van der Waals surface area contributed by atoms with Gasteiger partial charge in [0.2, 0.25) is 0 Å². The highest BCUT2D eigenvalue weighted by molar-refractivity contribution is 5.50. The maximum absolute atomic E-state index is 13.6. The normalized spacial score (nSPS) is 13.9. The topological polar surface area (TPSA) is 12.5 Å². The van der Waals surface area contributed by atoms with Gasteiger partial charge in [-0.3, -0.25) is 0 Å². The van der Waals surface area contributed by atoms with Crippen molar-refractivity contribution in [2.45, 2.75) is 41.0 Å². The molecule has 2 nitrogen and oxygen atoms in total. The highest BCUT2D eigenvalue weighted by Gasteiger charge is 2.14. The summed E-state index contributed by atoms with van der Waals surface area (Å²) in [5, 5.41) is 0. The predicted molar refractivity (Wildman–Crippen MR) is 81.5 cm³/mol. The van der Waals surface area contributed by atoms with E-state index in [1.54, 1.807) is 6.07 Å². The molecule has 0 N–H and O–H groups in total. The molecule has 0 radical (unpaired) electrons. The minimum absolute atomic E-state index is 0.130. The van der Waals surface area contributed by atoms with E-state index in [0.29, 0.717) is 13.2 Å². The van der Waals surface area contributed by atoms with Crippen LogP contribution in [0.4, 0.5) is 10.1 Å². The Labute approximate surface area is 117 Å². The third-order valence-electron chi connectivity index (χ3n) is 2.77. The smallest absolute Gasteiger partial charge is 0.146 e. The van der Waals surface area contributed by atoms with E-state index in [2.05, 4.69) is 11.8 Å². The van der Waals surface area contributed by atoms with Crippen molar-refractivity contribution in [2.75, 3.05) is 31.2 Å². The predicted octanol–water partition coefficient (Wildman–Crippen LogP) is 4.28. The first-order valence-corrected chi connectivity index (χ1v) is 7.42. The Morgan fingerprint density at radius 3 is 2.21 bits per heavy atom. The number of rotatable bonds is 2. The van der Waals surface area contributed by atoms with Crippen LogP contribution in [0.25, 0.3) is 0 Å². The largest absolute Gasteiger partial charge is 0.378 e. The first-order valence-electron chi connectivity index (χ1n) is 7.42. The number of anilines is 1. The summed E-state index contributed by atoms with van der Waals surface area (Å²) in [5.41, 5.74) is 1.90. The average Bonchev–Trinajstić information content (AvgIpc) is 2.52. The maximum Gasteiger partial charge on any atom is 0.146 e. The number of halogens is 1. The summed E-state index contributed by atoms with van der Waals surface area (Å²) in [7, 11) is 0. The van der Waals surface area contributed by atoms with Gasteiger partial charge in [-0.15, -0.1) is 0 Å². The van der Waals surface area contributed by atoms with Crippen molar-refractivity contribution in [2.24, 2.45) is 0 Å². The van der Waals surface area contributed by atoms with Crippen LogP contribution < -0.4 is 4.90 Å². The molecule has 0 saturated carbocycles. The molecule has 1 heterocycles. The lowest BCUT2D eigenvalue weighted by Gasteiger charge is -2.29. The van der Waals surface area contributed by atoms with Crippen LogP contribution in [0.15, 0.2) is 18.2 Å². The quantitative estimate of drug-likeness (QED) is 0.794. The third kappa shape index (κ3) is 5.60. The van der Waals surface area contributed by atoms with Crippen LogP contribution in [0, 0.1) is 5.82 Å². The van der Waals surface area contributed by atoms with E-state index < -0.39 is 0 Å². The number of hydrogen-bond donors (Lipinski definition) is 0. The molecule has 1 saturated heterocycles. The molecule has 1 aliphatic heterocycles. The lowest BCUT2D eigenvalue weighted by Crippen LogP contribution is -2.36. The third-order valence-corrected chi connectivity index (χ3v) is 2.77. The molecule has 2 rings (SSSR count). The number of hydrogen-bond acceptors (Lipinski definition) is 2. The fourth-order valence-corrected chi connectivity index (χ4v) is 1.82. The van der Waals surface area contributed by atoms with Crippen LogP contribution in [0.2, 0.25) is 0 Å². The molecule has 19 heavy (non-hydrogen) atoms. The number of benzene rings is 1. The van der Waals surface area contributed by atoms with Gasteiger partial charge in [0.05, 0.1) is 18.9 Å². The zero-order valence-corrected chi connectivity index (χ0v) is 13.0. The molecule has 1 aliphatic rings. The summed E-state index contributed by atoms with van der Waals surface area (Å²) in [6.07, 6.45) is 0.942. The monoisotopic (exact) mass is 269 g/mol. The van der Waals surface area contributed by atoms with E-state index in [4.69, 9.17) is 4.74 Å². The Kier molecular flexibility index (Phi) is 10.2. The van der Waals surface area contributed by atoms with Crippen LogP contribution in [-0.2, 0) is 11.2 Å². The summed E-state index contributed by atoms with van der Waals surface area (Å²) in [6, 6.07) is 5.35. The highest BCUT2D eigenvalue weighted by atomic mass is 19.1. The van der Waals surface area contributed by atoms with Crippen molar-refractivity contribution in [3.8, 4) is 0 Å². The van der Waals surface area contributed by atoms with Gasteiger partial charge in [-0.25, -0.2) is 4.39 Å². The van der Waals surface area contributed by atoms with Crippen LogP contribution in [0.5, 0.6) is 0 Å². The number of nitrogens with zero attached hydrogens (tertiary/aromatic N) is 1. The molecule has 0 spiro atoms. The van der Waals surface area contributed by atoms with Gasteiger partial charge in [-0.1, -0.05) is 40.7 Å². The van der Waals surface area contributed by atoms with Crippen molar-refractivity contribution >= 4 is 5.69 Å². The molecule has 0 atom stereocenters. The minimum Gasteiger partial charge on any atom is -0.378 e. The molecule has 0 amide bonds. The van der Waals surface area contributed by atoms with E-state index in [9.17, 15) is 4.39 Å². The van der Waals surface area contributed by atoms with Crippen LogP contribution >= 0.6 is 0 Å². The molecular weight excluding hydrogens is 241 g/mol. The van der Waals surface area contributed by atoms with Crippen molar-refractivity contribution in [3.63, 3.8) is 0 Å². The van der Waals surface area contributed by atoms with Gasteiger partial charge in [0.15, 0.2) is 0 Å². The van der Waals surface area contributed by atoms with Gasteiger partial charge in [0.1, 0.15) is 5.82 Å². The van der Waals surface area contributed by atoms with Gasteiger partial charge < -0.3 is 9.64 Å². The fraction of sp³-hybridized carbons (Fsp3) is 0.625. The van der Waals surface area contributed by atoms with E-state index in [-0.39, 0.29) is 5.82 Å². The molecule has 0 aliphatic carbocycles. The standard InChI is InChI=1S/C12H16FNO.2C2H6/c1-2-10-3-4-11(13)12(9-10)14-5-7-15-8-6-14;2*1-2/h3-4,9H,2,5-8H2,1H3;2*1-2H3. The second-order valence-electron chi connectivity index (χ2n) is 3.74. The zero-order chi connectivity index (χ0) is 14.7. The molecule has 1 aromatic carbocycles. The molecule has 0 bridgehead atoms. The molecule has 0 aromatic heterocycles. The van der Waals surface area contributed by atoms with Gasteiger partial charge in [0, 0.05) is 13.1 Å². The Balaban J connectivity index is 0.000000741. The van der Waals surface area contributed by atoms with Crippen LogP contribution in [0.1, 0.15) is 40.2 Å². The highest BCUT2D eigenvalue weighted by Crippen LogP contribution is 2.22. The summed E-state index contributed by atoms with van der Waals surface area (Å²) in [4.78, 5) is 2.05. The average molecular weight is 269 g/mol. The van der Waals surface area contributed by atoms with Crippen LogP contribution in [-0.4, -0.2) is 26.3 Å². The summed E-state index contributed by atoms with van der Waals surface area (Å²) >= 11 is 0. The lowest BCUT2D eigenvalue weighted by molar-refractivity contribution is 0.122. The van der Waals surface area contributed by atoms with E-state index in [1.807, 2.05) is 39.8 Å². The number of aryl methyl sites for hydroxylation is 1. The summed E-state index contributed by atoms with van der Waals surface area (Å²) in [6.45, 7) is 13.0. The molecular formula is C16H28FNO.